The molecule has 2 heterocycles. The fraction of sp³-hybridized carbons (Fsp3) is 0.590. The van der Waals surface area contributed by atoms with Gasteiger partial charge in [-0.2, -0.15) is 0 Å². The highest BCUT2D eigenvalue weighted by atomic mass is 32.2. The van der Waals surface area contributed by atoms with Gasteiger partial charge in [0, 0.05) is 50.2 Å². The van der Waals surface area contributed by atoms with Crippen molar-refractivity contribution in [2.45, 2.75) is 82.5 Å². The van der Waals surface area contributed by atoms with E-state index in [0.717, 1.165) is 44.3 Å². The summed E-state index contributed by atoms with van der Waals surface area (Å²) in [6, 6.07) is 10.3. The molecule has 9 atom stereocenters. The first-order chi connectivity index (χ1) is 24.9. The van der Waals surface area contributed by atoms with Crippen molar-refractivity contribution in [3.8, 4) is 5.75 Å². The third-order valence-corrected chi connectivity index (χ3v) is 13.8. The molecule has 3 aliphatic carbocycles. The van der Waals surface area contributed by atoms with Crippen LogP contribution < -0.4 is 19.7 Å². The fourth-order valence-electron chi connectivity index (χ4n) is 8.80. The van der Waals surface area contributed by atoms with Crippen LogP contribution in [0.2, 0.25) is 0 Å². The first kappa shape index (κ1) is 36.8. The number of anilines is 1. The van der Waals surface area contributed by atoms with E-state index in [2.05, 4.69) is 44.4 Å². The molecule has 2 bridgehead atoms. The maximum Gasteiger partial charge on any atom is 0.327 e. The number of amides is 3. The minimum Gasteiger partial charge on any atom is -0.490 e. The van der Waals surface area contributed by atoms with E-state index in [0.29, 0.717) is 24.8 Å². The lowest BCUT2D eigenvalue weighted by atomic mass is 9.68. The standard InChI is InChI=1S/C39H50F2N4O6S/c1-23-7-11-30-25(16-23)6-5-15-39(30)21-45-19-27-8-10-28(27)34(50-4)14-13-33(49-3)24(2)20-52(48,44-38(47)42-31-18-29(31)36(40)41)43-37(46)26-9-12-35(51-22-39)32(45)17-26/h7,9,11-14,16-17,24,27-29,31,33-34,36H,5-6,8,10,15,18-22H2,1-4H3,(H2,42,43,44,46,47,48)/b14-13+/t24-,27+,28-,29+,31+,33+,34+,39+,52?/m1/s1. The average Bonchev–Trinajstić information content (AvgIpc) is 3.88. The van der Waals surface area contributed by atoms with Gasteiger partial charge in [0.15, 0.2) is 0 Å². The van der Waals surface area contributed by atoms with Crippen LogP contribution in [0.15, 0.2) is 52.9 Å². The van der Waals surface area contributed by atoms with E-state index in [9.17, 15) is 22.6 Å². The van der Waals surface area contributed by atoms with Crippen LogP contribution >= 0.6 is 0 Å². The molecule has 1 unspecified atom stereocenters. The zero-order valence-corrected chi connectivity index (χ0v) is 31.1. The monoisotopic (exact) mass is 740 g/mol. The number of methoxy groups -OCH3 is 2. The Morgan fingerprint density at radius 2 is 1.90 bits per heavy atom. The molecule has 2 aliphatic heterocycles. The highest BCUT2D eigenvalue weighted by molar-refractivity contribution is 7.92. The van der Waals surface area contributed by atoms with Crippen LogP contribution in [0.5, 0.6) is 5.75 Å². The molecule has 1 spiro atoms. The van der Waals surface area contributed by atoms with Crippen molar-refractivity contribution in [3.63, 3.8) is 0 Å². The Morgan fingerprint density at radius 3 is 2.62 bits per heavy atom. The topological polar surface area (TPSA) is 119 Å². The summed E-state index contributed by atoms with van der Waals surface area (Å²) < 4.78 is 65.9. The Labute approximate surface area is 305 Å². The predicted octanol–water partition coefficient (Wildman–Crippen LogP) is 6.21. The summed E-state index contributed by atoms with van der Waals surface area (Å²) >= 11 is 0. The Hall–Kier alpha value is -3.55. The summed E-state index contributed by atoms with van der Waals surface area (Å²) in [4.78, 5) is 29.4. The van der Waals surface area contributed by atoms with Crippen molar-refractivity contribution in [1.29, 1.82) is 0 Å². The van der Waals surface area contributed by atoms with Gasteiger partial charge in [0.25, 0.3) is 5.91 Å². The van der Waals surface area contributed by atoms with Gasteiger partial charge in [-0.05, 0) is 92.5 Å². The SMILES string of the molecule is CO[C@H]1/C=C/[C@H](OC)[C@H](C)CS(=O)(NC(=O)N[C@H]2C[C@@H]2C(F)F)=NC(=O)c2ccc3c(c2)N(C[C@@H]2CC[C@H]21)C[C@@]1(CCCc2cc(C)ccc21)CO3. The van der Waals surface area contributed by atoms with Crippen molar-refractivity contribution >= 4 is 27.5 Å². The maximum atomic E-state index is 14.5. The molecule has 2 aromatic rings. The molecule has 13 heteroatoms. The molecule has 5 aliphatic rings. The molecule has 7 rings (SSSR count). The molecule has 282 valence electrons. The van der Waals surface area contributed by atoms with Gasteiger partial charge in [0.1, 0.15) is 15.7 Å². The quantitative estimate of drug-likeness (QED) is 0.351. The van der Waals surface area contributed by atoms with Crippen molar-refractivity contribution in [1.82, 2.24) is 10.0 Å². The first-order valence-corrected chi connectivity index (χ1v) is 20.1. The summed E-state index contributed by atoms with van der Waals surface area (Å²) in [6.07, 6.45) is 5.83. The molecule has 3 amide bonds. The highest BCUT2D eigenvalue weighted by Gasteiger charge is 2.46. The van der Waals surface area contributed by atoms with Gasteiger partial charge < -0.3 is 24.4 Å². The molecule has 2 fully saturated rings. The number of carbonyl (C=O) groups is 2. The minimum absolute atomic E-state index is 0.123. The number of hydrogen-bond donors (Lipinski definition) is 2. The predicted molar refractivity (Wildman–Crippen MR) is 195 cm³/mol. The summed E-state index contributed by atoms with van der Waals surface area (Å²) in [5.41, 5.74) is 4.63. The number of rotatable bonds is 5. The second kappa shape index (κ2) is 14.7. The Kier molecular flexibility index (Phi) is 10.4. The molecular weight excluding hydrogens is 691 g/mol. The molecule has 0 aromatic heterocycles. The minimum atomic E-state index is -3.76. The largest absolute Gasteiger partial charge is 0.490 e. The van der Waals surface area contributed by atoms with E-state index < -0.39 is 52.3 Å². The molecule has 10 nitrogen and oxygen atoms in total. The fourth-order valence-corrected chi connectivity index (χ4v) is 10.6. The highest BCUT2D eigenvalue weighted by Crippen LogP contribution is 2.47. The van der Waals surface area contributed by atoms with Gasteiger partial charge in [0.2, 0.25) is 6.43 Å². The number of aryl methyl sites for hydroxylation is 2. The third-order valence-electron chi connectivity index (χ3n) is 11.9. The van der Waals surface area contributed by atoms with Crippen molar-refractivity contribution < 1.29 is 36.8 Å². The van der Waals surface area contributed by atoms with Crippen LogP contribution in [0.25, 0.3) is 0 Å². The van der Waals surface area contributed by atoms with Gasteiger partial charge in [-0.25, -0.2) is 17.8 Å². The number of nitrogens with zero attached hydrogens (tertiary/aromatic N) is 2. The number of ether oxygens (including phenoxy) is 3. The molecule has 52 heavy (non-hydrogen) atoms. The van der Waals surface area contributed by atoms with Crippen molar-refractivity contribution in [2.75, 3.05) is 44.6 Å². The molecular formula is C39H50F2N4O6S. The van der Waals surface area contributed by atoms with E-state index in [4.69, 9.17) is 14.2 Å². The molecule has 2 N–H and O–H groups in total. The Morgan fingerprint density at radius 1 is 1.12 bits per heavy atom. The van der Waals surface area contributed by atoms with Crippen LogP contribution in [-0.2, 0) is 31.2 Å². The van der Waals surface area contributed by atoms with E-state index in [1.165, 1.54) is 16.7 Å². The van der Waals surface area contributed by atoms with Gasteiger partial charge in [-0.15, -0.1) is 4.36 Å². The van der Waals surface area contributed by atoms with Crippen LogP contribution in [-0.4, -0.2) is 80.5 Å². The van der Waals surface area contributed by atoms with E-state index in [1.54, 1.807) is 39.3 Å². The van der Waals surface area contributed by atoms with Crippen LogP contribution in [0.1, 0.15) is 66.1 Å². The van der Waals surface area contributed by atoms with E-state index >= 15 is 0 Å². The smallest absolute Gasteiger partial charge is 0.327 e. The van der Waals surface area contributed by atoms with E-state index in [1.807, 2.05) is 12.2 Å². The van der Waals surface area contributed by atoms with Crippen LogP contribution in [0.4, 0.5) is 19.3 Å². The Balaban J connectivity index is 1.28. The molecule has 0 saturated heterocycles. The zero-order valence-electron chi connectivity index (χ0n) is 30.3. The number of nitrogens with one attached hydrogen (secondary N) is 2. The maximum absolute atomic E-state index is 14.5. The van der Waals surface area contributed by atoms with Crippen LogP contribution in [0, 0.1) is 30.6 Å². The van der Waals surface area contributed by atoms with E-state index in [-0.39, 0.29) is 35.2 Å². The van der Waals surface area contributed by atoms with Crippen molar-refractivity contribution in [2.24, 2.45) is 28.0 Å². The lowest BCUT2D eigenvalue weighted by Gasteiger charge is -2.46. The number of benzene rings is 2. The number of carbonyl (C=O) groups excluding carboxylic acids is 2. The van der Waals surface area contributed by atoms with Gasteiger partial charge in [-0.1, -0.05) is 42.8 Å². The number of fused-ring (bicyclic) bond motifs is 4. The molecule has 0 radical (unpaired) electrons. The number of hydrogen-bond acceptors (Lipinski definition) is 7. The van der Waals surface area contributed by atoms with Gasteiger partial charge >= 0.3 is 6.03 Å². The summed E-state index contributed by atoms with van der Waals surface area (Å²) in [5, 5.41) is 2.48. The van der Waals surface area contributed by atoms with Gasteiger partial charge in [-0.3, -0.25) is 9.52 Å². The Bertz CT molecular complexity index is 1850. The third kappa shape index (κ3) is 7.45. The second-order valence-electron chi connectivity index (χ2n) is 15.5. The molecule has 2 saturated carbocycles. The zero-order chi connectivity index (χ0) is 36.8. The summed E-state index contributed by atoms with van der Waals surface area (Å²) in [6.45, 7) is 5.86. The lowest BCUT2D eigenvalue weighted by Crippen LogP contribution is -2.49. The number of alkyl halides is 2. The number of halogens is 2. The van der Waals surface area contributed by atoms with Crippen LogP contribution in [0.3, 0.4) is 0 Å². The van der Waals surface area contributed by atoms with Gasteiger partial charge in [0.05, 0.1) is 30.3 Å². The lowest BCUT2D eigenvalue weighted by molar-refractivity contribution is 0.0120. The normalized spacial score (nSPS) is 34.9. The number of urea groups is 1. The second-order valence-corrected chi connectivity index (χ2v) is 17.5. The van der Waals surface area contributed by atoms with Crippen molar-refractivity contribution in [3.05, 3.63) is 70.8 Å². The first-order valence-electron chi connectivity index (χ1n) is 18.4. The summed E-state index contributed by atoms with van der Waals surface area (Å²) in [5.74, 6) is -1.15. The molecule has 2 aromatic carbocycles. The average molecular weight is 741 g/mol. The summed E-state index contributed by atoms with van der Waals surface area (Å²) in [7, 11) is -0.497.